The molecule has 2 aliphatic heterocycles. The molecule has 0 aromatic heterocycles. The molecule has 1 saturated heterocycles. The summed E-state index contributed by atoms with van der Waals surface area (Å²) in [6.45, 7) is 6.35. The molecule has 11 heteroatoms. The first kappa shape index (κ1) is 25.7. The Hall–Kier alpha value is -2.92. The molecule has 188 valence electrons. The van der Waals surface area contributed by atoms with Gasteiger partial charge in [-0.2, -0.15) is 0 Å². The van der Waals surface area contributed by atoms with Gasteiger partial charge in [0.1, 0.15) is 12.7 Å². The number of carbonyl (C=O) groups excluding carboxylic acids is 4. The quantitative estimate of drug-likeness (QED) is 0.297. The number of hydrogen-bond donors (Lipinski definition) is 0. The Bertz CT molecular complexity index is 863. The highest BCUT2D eigenvalue weighted by Crippen LogP contribution is 2.41. The zero-order valence-corrected chi connectivity index (χ0v) is 19.8. The van der Waals surface area contributed by atoms with Crippen molar-refractivity contribution >= 4 is 23.9 Å². The third-order valence-electron chi connectivity index (χ3n) is 5.75. The van der Waals surface area contributed by atoms with Gasteiger partial charge in [-0.1, -0.05) is 11.6 Å². The van der Waals surface area contributed by atoms with E-state index in [1.54, 1.807) is 6.26 Å². The summed E-state index contributed by atoms with van der Waals surface area (Å²) in [5, 5.41) is 0. The fraction of sp³-hybridized carbons (Fsp3) is 0.652. The highest BCUT2D eigenvalue weighted by molar-refractivity contribution is 5.68. The lowest BCUT2D eigenvalue weighted by Crippen LogP contribution is -2.63. The first-order chi connectivity index (χ1) is 16.1. The molecule has 1 aliphatic carbocycles. The minimum Gasteiger partial charge on any atom is -0.472 e. The molecule has 0 amide bonds. The van der Waals surface area contributed by atoms with Crippen LogP contribution < -0.4 is 0 Å². The maximum atomic E-state index is 11.9. The van der Waals surface area contributed by atoms with Crippen LogP contribution in [-0.4, -0.2) is 67.5 Å². The molecule has 0 N–H and O–H groups in total. The molecule has 3 rings (SSSR count). The summed E-state index contributed by atoms with van der Waals surface area (Å²) in [4.78, 5) is 47.1. The molecule has 8 atom stereocenters. The van der Waals surface area contributed by atoms with E-state index < -0.39 is 60.9 Å². The van der Waals surface area contributed by atoms with E-state index in [0.717, 1.165) is 25.8 Å². The Kier molecular flexibility index (Phi) is 8.32. The fourth-order valence-corrected chi connectivity index (χ4v) is 4.41. The zero-order valence-electron chi connectivity index (χ0n) is 19.8. The van der Waals surface area contributed by atoms with E-state index >= 15 is 0 Å². The lowest BCUT2D eigenvalue weighted by atomic mass is 9.89. The van der Waals surface area contributed by atoms with Gasteiger partial charge in [0, 0.05) is 33.6 Å². The molecule has 1 unspecified atom stereocenters. The molecule has 0 saturated carbocycles. The van der Waals surface area contributed by atoms with Crippen molar-refractivity contribution in [1.82, 2.24) is 0 Å². The van der Waals surface area contributed by atoms with Crippen molar-refractivity contribution in [1.29, 1.82) is 0 Å². The molecule has 2 heterocycles. The van der Waals surface area contributed by atoms with E-state index in [-0.39, 0.29) is 18.4 Å². The Morgan fingerprint density at radius 3 is 2.12 bits per heavy atom. The summed E-state index contributed by atoms with van der Waals surface area (Å²) in [5.74, 6) is -2.63. The summed E-state index contributed by atoms with van der Waals surface area (Å²) in [6, 6.07) is 0. The van der Waals surface area contributed by atoms with Gasteiger partial charge < -0.3 is 33.2 Å². The SMILES string of the molecule is CC(=O)OC[C@H]1O[C@@H](OC2OC=C[C@H]3CC=C(C)[C@@H]23)[C@H](OC(C)=O)[C@@H](OC(C)=O)[C@@H]1OC(C)=O. The number of hydrogen-bond acceptors (Lipinski definition) is 11. The highest BCUT2D eigenvalue weighted by Gasteiger charge is 2.54. The minimum atomic E-state index is -1.29. The molecule has 11 nitrogen and oxygen atoms in total. The van der Waals surface area contributed by atoms with Gasteiger partial charge >= 0.3 is 23.9 Å². The van der Waals surface area contributed by atoms with Crippen LogP contribution in [0.15, 0.2) is 24.0 Å². The molecule has 1 fully saturated rings. The molecule has 0 bridgehead atoms. The number of allylic oxidation sites excluding steroid dienone is 2. The predicted octanol–water partition coefficient (Wildman–Crippen LogP) is 1.54. The summed E-state index contributed by atoms with van der Waals surface area (Å²) in [6.07, 6.45) is -0.554. The maximum Gasteiger partial charge on any atom is 0.303 e. The van der Waals surface area contributed by atoms with Crippen molar-refractivity contribution in [3.05, 3.63) is 24.0 Å². The van der Waals surface area contributed by atoms with Gasteiger partial charge in [0.25, 0.3) is 0 Å². The number of fused-ring (bicyclic) bond motifs is 1. The van der Waals surface area contributed by atoms with E-state index in [1.807, 2.05) is 13.0 Å². The molecule has 34 heavy (non-hydrogen) atoms. The Balaban J connectivity index is 1.94. The van der Waals surface area contributed by atoms with Crippen molar-refractivity contribution in [3.8, 4) is 0 Å². The van der Waals surface area contributed by atoms with E-state index in [4.69, 9.17) is 33.2 Å². The molecular formula is C23H30O11. The van der Waals surface area contributed by atoms with E-state index in [1.165, 1.54) is 13.8 Å². The largest absolute Gasteiger partial charge is 0.472 e. The van der Waals surface area contributed by atoms with Gasteiger partial charge in [-0.05, 0) is 25.3 Å². The van der Waals surface area contributed by atoms with Crippen molar-refractivity contribution in [2.45, 2.75) is 78.0 Å². The molecule has 0 radical (unpaired) electrons. The Morgan fingerprint density at radius 1 is 0.882 bits per heavy atom. The average molecular weight is 482 g/mol. The third kappa shape index (κ3) is 6.15. The van der Waals surface area contributed by atoms with Crippen LogP contribution in [0.5, 0.6) is 0 Å². The van der Waals surface area contributed by atoms with Gasteiger partial charge in [0.15, 0.2) is 18.3 Å². The number of esters is 4. The summed E-state index contributed by atoms with van der Waals surface area (Å²) < 4.78 is 39.1. The number of ether oxygens (including phenoxy) is 7. The summed E-state index contributed by atoms with van der Waals surface area (Å²) in [5.41, 5.74) is 1.07. The van der Waals surface area contributed by atoms with Gasteiger partial charge in [-0.15, -0.1) is 0 Å². The van der Waals surface area contributed by atoms with Crippen molar-refractivity contribution in [3.63, 3.8) is 0 Å². The van der Waals surface area contributed by atoms with Crippen LogP contribution in [-0.2, 0) is 52.3 Å². The molecule has 0 aromatic carbocycles. The van der Waals surface area contributed by atoms with Crippen LogP contribution in [0, 0.1) is 11.8 Å². The van der Waals surface area contributed by atoms with Crippen molar-refractivity contribution < 1.29 is 52.3 Å². The third-order valence-corrected chi connectivity index (χ3v) is 5.75. The van der Waals surface area contributed by atoms with E-state index in [9.17, 15) is 19.2 Å². The van der Waals surface area contributed by atoms with Crippen LogP contribution in [0.1, 0.15) is 41.0 Å². The monoisotopic (exact) mass is 482 g/mol. The Morgan fingerprint density at radius 2 is 1.50 bits per heavy atom. The topological polar surface area (TPSA) is 133 Å². The number of rotatable bonds is 7. The van der Waals surface area contributed by atoms with Gasteiger partial charge in [0.05, 0.1) is 6.26 Å². The van der Waals surface area contributed by atoms with Crippen LogP contribution in [0.3, 0.4) is 0 Å². The number of carbonyl (C=O) groups is 4. The molecule has 0 spiro atoms. The summed E-state index contributed by atoms with van der Waals surface area (Å²) in [7, 11) is 0. The van der Waals surface area contributed by atoms with Gasteiger partial charge in [-0.25, -0.2) is 0 Å². The van der Waals surface area contributed by atoms with Gasteiger partial charge in [0.2, 0.25) is 12.6 Å². The van der Waals surface area contributed by atoms with Gasteiger partial charge in [-0.3, -0.25) is 19.2 Å². The lowest BCUT2D eigenvalue weighted by Gasteiger charge is -2.45. The maximum absolute atomic E-state index is 11.9. The normalized spacial score (nSPS) is 34.2. The van der Waals surface area contributed by atoms with Crippen LogP contribution in [0.4, 0.5) is 0 Å². The first-order valence-electron chi connectivity index (χ1n) is 11.0. The fourth-order valence-electron chi connectivity index (χ4n) is 4.41. The van der Waals surface area contributed by atoms with E-state index in [0.29, 0.717) is 0 Å². The van der Waals surface area contributed by atoms with Crippen LogP contribution in [0.2, 0.25) is 0 Å². The molecule has 3 aliphatic rings. The smallest absolute Gasteiger partial charge is 0.303 e. The molecular weight excluding hydrogens is 452 g/mol. The standard InChI is InChI=1S/C23H30O11/c1-11-6-7-16-8-9-28-22(18(11)16)34-23-21(32-15(5)27)20(31-14(4)26)19(30-13(3)25)17(33-23)10-29-12(2)24/h6,8-9,16-23H,7,10H2,1-5H3/t16-,17-,18-,19-,20+,21-,22?,23+/m1/s1. The highest BCUT2D eigenvalue weighted by atomic mass is 16.8. The average Bonchev–Trinajstić information content (AvgIpc) is 3.12. The van der Waals surface area contributed by atoms with Crippen molar-refractivity contribution in [2.24, 2.45) is 11.8 Å². The second kappa shape index (κ2) is 11.0. The van der Waals surface area contributed by atoms with E-state index in [2.05, 4.69) is 6.08 Å². The predicted molar refractivity (Wildman–Crippen MR) is 112 cm³/mol. The lowest BCUT2D eigenvalue weighted by molar-refractivity contribution is -0.341. The van der Waals surface area contributed by atoms with Crippen LogP contribution >= 0.6 is 0 Å². The second-order valence-corrected chi connectivity index (χ2v) is 8.41. The first-order valence-corrected chi connectivity index (χ1v) is 11.0. The molecule has 0 aromatic rings. The Labute approximate surface area is 197 Å². The summed E-state index contributed by atoms with van der Waals surface area (Å²) >= 11 is 0. The second-order valence-electron chi connectivity index (χ2n) is 8.41. The van der Waals surface area contributed by atoms with Crippen molar-refractivity contribution in [2.75, 3.05) is 6.61 Å². The van der Waals surface area contributed by atoms with Crippen LogP contribution in [0.25, 0.3) is 0 Å². The minimum absolute atomic E-state index is 0.100. The zero-order chi connectivity index (χ0) is 25.0.